The summed E-state index contributed by atoms with van der Waals surface area (Å²) in [7, 11) is 0. The number of anilines is 1. The van der Waals surface area contributed by atoms with Gasteiger partial charge < -0.3 is 14.9 Å². The lowest BCUT2D eigenvalue weighted by Gasteiger charge is -2.28. The highest BCUT2D eigenvalue weighted by molar-refractivity contribution is 6.32. The molecule has 1 N–H and O–H groups in total. The molecule has 1 saturated heterocycles. The maximum absolute atomic E-state index is 14.0. The first-order valence-electron chi connectivity index (χ1n) is 14.0. The normalized spacial score (nSPS) is 13.6. The molecule has 1 aliphatic heterocycles. The predicted octanol–water partition coefficient (Wildman–Crippen LogP) is 4.24. The van der Waals surface area contributed by atoms with Gasteiger partial charge in [0, 0.05) is 30.3 Å². The number of benzene rings is 2. The third-order valence-electron chi connectivity index (χ3n) is 7.55. The average molecular weight is 578 g/mol. The van der Waals surface area contributed by atoms with E-state index in [1.54, 1.807) is 29.2 Å². The van der Waals surface area contributed by atoms with Gasteiger partial charge in [-0.25, -0.2) is 9.78 Å². The molecule has 9 nitrogen and oxygen atoms in total. The van der Waals surface area contributed by atoms with Crippen LogP contribution in [-0.2, 0) is 24.4 Å². The summed E-state index contributed by atoms with van der Waals surface area (Å²) in [4.78, 5) is 49.1. The first kappa shape index (κ1) is 30.1. The summed E-state index contributed by atoms with van der Waals surface area (Å²) < 4.78 is 1.51. The van der Waals surface area contributed by atoms with E-state index in [-0.39, 0.29) is 30.1 Å². The van der Waals surface area contributed by atoms with Crippen LogP contribution < -0.4 is 10.5 Å². The highest BCUT2D eigenvalue weighted by Gasteiger charge is 2.21. The number of piperidine rings is 1. The number of hydrogen-bond donors (Lipinski definition) is 1. The van der Waals surface area contributed by atoms with Crippen molar-refractivity contribution in [3.05, 3.63) is 68.7 Å². The Labute approximate surface area is 245 Å². The maximum Gasteiger partial charge on any atom is 0.335 e. The summed E-state index contributed by atoms with van der Waals surface area (Å²) in [5, 5.41) is 10.1. The summed E-state index contributed by atoms with van der Waals surface area (Å²) in [6.07, 6.45) is 9.02. The summed E-state index contributed by atoms with van der Waals surface area (Å²) in [6, 6.07) is 9.84. The van der Waals surface area contributed by atoms with Crippen molar-refractivity contribution in [3.8, 4) is 12.3 Å². The van der Waals surface area contributed by atoms with Gasteiger partial charge >= 0.3 is 5.97 Å². The quantitative estimate of drug-likeness (QED) is 0.340. The molecule has 0 spiro atoms. The van der Waals surface area contributed by atoms with Crippen molar-refractivity contribution in [2.24, 2.45) is 0 Å². The Bertz CT molecular complexity index is 1500. The number of carboxylic acids is 1. The number of aromatic carboxylic acids is 1. The van der Waals surface area contributed by atoms with Crippen LogP contribution in [0.25, 0.3) is 10.9 Å². The van der Waals surface area contributed by atoms with E-state index in [2.05, 4.69) is 10.8 Å². The Morgan fingerprint density at radius 2 is 1.78 bits per heavy atom. The molecule has 0 saturated carbocycles. The van der Waals surface area contributed by atoms with E-state index in [0.29, 0.717) is 53.5 Å². The minimum absolute atomic E-state index is 0.0796. The van der Waals surface area contributed by atoms with Gasteiger partial charge in [0.15, 0.2) is 0 Å². The van der Waals surface area contributed by atoms with Crippen molar-refractivity contribution in [3.63, 3.8) is 0 Å². The topological polar surface area (TPSA) is 99.0 Å². The molecule has 0 unspecified atom stereocenters. The largest absolute Gasteiger partial charge is 0.478 e. The number of amides is 1. The van der Waals surface area contributed by atoms with E-state index in [4.69, 9.17) is 23.0 Å². The van der Waals surface area contributed by atoms with Crippen molar-refractivity contribution in [2.45, 2.75) is 52.7 Å². The molecule has 1 fully saturated rings. The number of likely N-dealkylation sites (N-methyl/N-ethyl adjacent to an activating group) is 1. The highest BCUT2D eigenvalue weighted by atomic mass is 35.5. The molecule has 2 aromatic carbocycles. The number of likely N-dealkylation sites (tertiary alicyclic amines) is 1. The number of hydrogen-bond acceptors (Lipinski definition) is 6. The fourth-order valence-electron chi connectivity index (χ4n) is 5.24. The number of fused-ring (bicyclic) bond motifs is 1. The van der Waals surface area contributed by atoms with E-state index < -0.39 is 5.97 Å². The zero-order chi connectivity index (χ0) is 29.5. The van der Waals surface area contributed by atoms with Crippen LogP contribution in [0.4, 0.5) is 5.69 Å². The molecule has 1 aliphatic rings. The van der Waals surface area contributed by atoms with Gasteiger partial charge in [-0.15, -0.1) is 6.42 Å². The second-order valence-corrected chi connectivity index (χ2v) is 10.6. The van der Waals surface area contributed by atoms with Gasteiger partial charge in [0.25, 0.3) is 5.56 Å². The number of carbonyl (C=O) groups is 2. The third kappa shape index (κ3) is 7.07. The number of aromatic nitrogens is 2. The fraction of sp³-hybridized carbons (Fsp3) is 0.419. The van der Waals surface area contributed by atoms with Gasteiger partial charge in [-0.05, 0) is 81.7 Å². The van der Waals surface area contributed by atoms with Crippen molar-refractivity contribution < 1.29 is 14.7 Å². The summed E-state index contributed by atoms with van der Waals surface area (Å²) in [5.74, 6) is 2.05. The molecule has 2 heterocycles. The van der Waals surface area contributed by atoms with Gasteiger partial charge in [0.05, 0.1) is 29.6 Å². The van der Waals surface area contributed by atoms with Crippen LogP contribution in [0.2, 0.25) is 5.02 Å². The molecular formula is C31H36ClN5O4. The second-order valence-electron chi connectivity index (χ2n) is 10.2. The van der Waals surface area contributed by atoms with Gasteiger partial charge in [-0.2, -0.15) is 0 Å². The molecule has 4 rings (SSSR count). The Hall–Kier alpha value is -3.87. The molecule has 41 heavy (non-hydrogen) atoms. The number of nitrogens with zero attached hydrogens (tertiary/aromatic N) is 5. The highest BCUT2D eigenvalue weighted by Crippen LogP contribution is 2.26. The molecule has 0 radical (unpaired) electrons. The number of carbonyl (C=O) groups excluding carboxylic acids is 1. The van der Waals surface area contributed by atoms with Crippen LogP contribution in [0.1, 0.15) is 54.9 Å². The SMILES string of the molecule is C#CCN(Cc1cc2c(=O)n(CC(=O)N(CC)CC)c(CN3CCCCC3)nc2cc1Cl)c1ccc(C(=O)O)cc1. The smallest absolute Gasteiger partial charge is 0.335 e. The first-order chi connectivity index (χ1) is 19.7. The molecule has 1 aromatic heterocycles. The van der Waals surface area contributed by atoms with Crippen molar-refractivity contribution in [1.29, 1.82) is 0 Å². The Kier molecular flexibility index (Phi) is 10.0. The monoisotopic (exact) mass is 577 g/mol. The van der Waals surface area contributed by atoms with Gasteiger partial charge in [-0.1, -0.05) is 23.9 Å². The second kappa shape index (κ2) is 13.7. The zero-order valence-electron chi connectivity index (χ0n) is 23.6. The Morgan fingerprint density at radius 1 is 1.10 bits per heavy atom. The summed E-state index contributed by atoms with van der Waals surface area (Å²) in [5.41, 5.74) is 1.76. The molecular weight excluding hydrogens is 542 g/mol. The van der Waals surface area contributed by atoms with E-state index in [0.717, 1.165) is 31.6 Å². The van der Waals surface area contributed by atoms with Crippen LogP contribution in [0, 0.1) is 12.3 Å². The predicted molar refractivity (Wildman–Crippen MR) is 161 cm³/mol. The molecule has 0 bridgehead atoms. The maximum atomic E-state index is 14.0. The van der Waals surface area contributed by atoms with E-state index >= 15 is 0 Å². The van der Waals surface area contributed by atoms with Gasteiger partial charge in [0.2, 0.25) is 5.91 Å². The molecule has 216 valence electrons. The Morgan fingerprint density at radius 3 is 2.39 bits per heavy atom. The number of carboxylic acid groups (broad SMARTS) is 1. The average Bonchev–Trinajstić information content (AvgIpc) is 2.97. The van der Waals surface area contributed by atoms with E-state index in [9.17, 15) is 19.5 Å². The lowest BCUT2D eigenvalue weighted by Crippen LogP contribution is -2.39. The lowest BCUT2D eigenvalue weighted by molar-refractivity contribution is -0.131. The van der Waals surface area contributed by atoms with Gasteiger partial charge in [0.1, 0.15) is 12.4 Å². The van der Waals surface area contributed by atoms with Crippen molar-refractivity contribution >= 4 is 40.1 Å². The number of terminal acetylenes is 1. The van der Waals surface area contributed by atoms with Crippen LogP contribution >= 0.6 is 11.6 Å². The molecule has 1 amide bonds. The van der Waals surface area contributed by atoms with Crippen LogP contribution in [0.3, 0.4) is 0 Å². The lowest BCUT2D eigenvalue weighted by atomic mass is 10.1. The van der Waals surface area contributed by atoms with E-state index in [1.807, 2.05) is 18.7 Å². The van der Waals surface area contributed by atoms with Crippen LogP contribution in [0.15, 0.2) is 41.2 Å². The fourth-order valence-corrected chi connectivity index (χ4v) is 5.45. The summed E-state index contributed by atoms with van der Waals surface area (Å²) in [6.45, 7) is 7.75. The molecule has 3 aromatic rings. The Balaban J connectivity index is 1.75. The van der Waals surface area contributed by atoms with Gasteiger partial charge in [-0.3, -0.25) is 19.1 Å². The molecule has 10 heteroatoms. The molecule has 0 atom stereocenters. The van der Waals surface area contributed by atoms with Crippen molar-refractivity contribution in [1.82, 2.24) is 19.4 Å². The van der Waals surface area contributed by atoms with E-state index in [1.165, 1.54) is 23.1 Å². The number of halogens is 1. The first-order valence-corrected chi connectivity index (χ1v) is 14.4. The minimum Gasteiger partial charge on any atom is -0.478 e. The standard InChI is InChI=1S/C31H36ClN5O4/c1-4-14-36(24-12-10-22(11-13-24)31(40)41)19-23-17-25-27(18-26(23)32)33-28(20-34-15-8-7-9-16-34)37(30(25)39)21-29(38)35(5-2)6-3/h1,10-13,17-18H,5-9,14-16,19-21H2,2-3H3,(H,40,41). The van der Waals surface area contributed by atoms with Crippen molar-refractivity contribution in [2.75, 3.05) is 37.6 Å². The van der Waals surface area contributed by atoms with Crippen LogP contribution in [0.5, 0.6) is 0 Å². The zero-order valence-corrected chi connectivity index (χ0v) is 24.4. The summed E-state index contributed by atoms with van der Waals surface area (Å²) >= 11 is 6.73. The number of rotatable bonds is 11. The minimum atomic E-state index is -1.01. The van der Waals surface area contributed by atoms with Crippen LogP contribution in [-0.4, -0.2) is 69.1 Å². The molecule has 0 aliphatic carbocycles. The third-order valence-corrected chi connectivity index (χ3v) is 7.90.